The van der Waals surface area contributed by atoms with E-state index in [0.29, 0.717) is 0 Å². The number of carboxylic acids is 1. The van der Waals surface area contributed by atoms with Crippen LogP contribution in [-0.2, 0) is 19.2 Å². The molecule has 2 atom stereocenters. The molecule has 0 radical (unpaired) electrons. The van der Waals surface area contributed by atoms with Gasteiger partial charge in [-0.2, -0.15) is 0 Å². The number of amides is 2. The van der Waals surface area contributed by atoms with Crippen molar-refractivity contribution in [3.05, 3.63) is 0 Å². The van der Waals surface area contributed by atoms with Gasteiger partial charge in [-0.25, -0.2) is 5.48 Å². The van der Waals surface area contributed by atoms with Gasteiger partial charge in [-0.15, -0.1) is 0 Å². The quantitative estimate of drug-likeness (QED) is 0.574. The predicted molar refractivity (Wildman–Crippen MR) is 45.3 cm³/mol. The highest BCUT2D eigenvalue weighted by Crippen LogP contribution is 2.21. The molecule has 2 N–H and O–H groups in total. The van der Waals surface area contributed by atoms with Crippen LogP contribution < -0.4 is 5.48 Å². The van der Waals surface area contributed by atoms with Crippen LogP contribution in [0.2, 0.25) is 0 Å². The first-order valence-corrected chi connectivity index (χ1v) is 4.53. The highest BCUT2D eigenvalue weighted by atomic mass is 16.7. The lowest BCUT2D eigenvalue weighted by Crippen LogP contribution is -2.43. The van der Waals surface area contributed by atoms with Crippen LogP contribution in [0.1, 0.15) is 6.42 Å². The van der Waals surface area contributed by atoms with Gasteiger partial charge in [0.25, 0.3) is 5.91 Å². The van der Waals surface area contributed by atoms with E-state index in [0.717, 1.165) is 0 Å². The number of hydroxylamine groups is 1. The molecule has 7 heteroatoms. The lowest BCUT2D eigenvalue weighted by molar-refractivity contribution is -0.141. The summed E-state index contributed by atoms with van der Waals surface area (Å²) in [5.74, 6) is -2.43. The number of nitrogens with zero attached hydrogens (tertiary/aromatic N) is 1. The second kappa shape index (κ2) is 3.50. The molecule has 2 rings (SSSR count). The number of hydrogen-bond donors (Lipinski definition) is 2. The lowest BCUT2D eigenvalue weighted by Gasteiger charge is -2.19. The summed E-state index contributed by atoms with van der Waals surface area (Å²) in [7, 11) is 0. The fraction of sp³-hybridized carbons (Fsp3) is 0.625. The maximum Gasteiger partial charge on any atom is 0.308 e. The van der Waals surface area contributed by atoms with Crippen LogP contribution in [0.4, 0.5) is 0 Å². The number of carbonyl (C=O) groups excluding carboxylic acids is 2. The number of aliphatic carboxylic acids is 1. The molecule has 2 heterocycles. The van der Waals surface area contributed by atoms with Crippen LogP contribution >= 0.6 is 0 Å². The Bertz CT molecular complexity index is 329. The second-order valence-electron chi connectivity index (χ2n) is 3.58. The first-order chi connectivity index (χ1) is 7.09. The molecule has 0 aromatic heterocycles. The van der Waals surface area contributed by atoms with Gasteiger partial charge < -0.3 is 10.0 Å². The van der Waals surface area contributed by atoms with E-state index < -0.39 is 23.8 Å². The van der Waals surface area contributed by atoms with Crippen molar-refractivity contribution in [2.75, 3.05) is 13.2 Å². The molecule has 7 nitrogen and oxygen atoms in total. The van der Waals surface area contributed by atoms with E-state index in [9.17, 15) is 14.4 Å². The van der Waals surface area contributed by atoms with Gasteiger partial charge in [-0.1, -0.05) is 0 Å². The van der Waals surface area contributed by atoms with Crippen LogP contribution in [-0.4, -0.2) is 47.0 Å². The minimum atomic E-state index is -1.01. The summed E-state index contributed by atoms with van der Waals surface area (Å²) in [6.07, 6.45) is -0.0425. The van der Waals surface area contributed by atoms with E-state index in [1.807, 2.05) is 0 Å². The number of nitrogens with one attached hydrogen (secondary N) is 1. The Balaban J connectivity index is 2.08. The van der Waals surface area contributed by atoms with Crippen molar-refractivity contribution >= 4 is 17.8 Å². The van der Waals surface area contributed by atoms with E-state index >= 15 is 0 Å². The first kappa shape index (κ1) is 9.91. The minimum Gasteiger partial charge on any atom is -0.481 e. The molecular weight excluding hydrogens is 204 g/mol. The van der Waals surface area contributed by atoms with Gasteiger partial charge in [0.2, 0.25) is 5.91 Å². The van der Waals surface area contributed by atoms with Crippen LogP contribution in [0.15, 0.2) is 0 Å². The summed E-state index contributed by atoms with van der Waals surface area (Å²) in [4.78, 5) is 39.3. The van der Waals surface area contributed by atoms with Gasteiger partial charge >= 0.3 is 5.97 Å². The Kier molecular flexibility index (Phi) is 2.31. The van der Waals surface area contributed by atoms with Crippen LogP contribution in [0.3, 0.4) is 0 Å². The van der Waals surface area contributed by atoms with E-state index in [1.54, 1.807) is 0 Å². The molecular formula is C8H10N2O5. The Hall–Kier alpha value is -1.63. The molecule has 15 heavy (non-hydrogen) atoms. The highest BCUT2D eigenvalue weighted by molar-refractivity contribution is 5.92. The summed E-state index contributed by atoms with van der Waals surface area (Å²) < 4.78 is 0. The normalized spacial score (nSPS) is 30.8. The van der Waals surface area contributed by atoms with Crippen molar-refractivity contribution < 1.29 is 24.3 Å². The van der Waals surface area contributed by atoms with E-state index in [1.165, 1.54) is 4.90 Å². The zero-order valence-electron chi connectivity index (χ0n) is 7.80. The zero-order chi connectivity index (χ0) is 11.0. The molecule has 82 valence electrons. The second-order valence-corrected chi connectivity index (χ2v) is 3.58. The smallest absolute Gasteiger partial charge is 0.308 e. The average molecular weight is 214 g/mol. The third-order valence-electron chi connectivity index (χ3n) is 2.60. The van der Waals surface area contributed by atoms with Crippen molar-refractivity contribution in [3.63, 3.8) is 0 Å². The monoisotopic (exact) mass is 214 g/mol. The SMILES string of the molecule is O=C(O)C1CC(=O)N(C2CONC2=O)C1. The number of likely N-dealkylation sites (tertiary alicyclic amines) is 1. The highest BCUT2D eigenvalue weighted by Gasteiger charge is 2.42. The van der Waals surface area contributed by atoms with Crippen molar-refractivity contribution in [1.29, 1.82) is 0 Å². The van der Waals surface area contributed by atoms with Crippen LogP contribution in [0, 0.1) is 5.92 Å². The van der Waals surface area contributed by atoms with Gasteiger partial charge in [0.1, 0.15) is 12.6 Å². The van der Waals surface area contributed by atoms with Gasteiger partial charge in [-0.3, -0.25) is 19.2 Å². The van der Waals surface area contributed by atoms with Gasteiger partial charge in [-0.05, 0) is 0 Å². The van der Waals surface area contributed by atoms with Crippen LogP contribution in [0.5, 0.6) is 0 Å². The molecule has 2 aliphatic rings. The Morgan fingerprint density at radius 1 is 1.53 bits per heavy atom. The Morgan fingerprint density at radius 3 is 2.73 bits per heavy atom. The van der Waals surface area contributed by atoms with Gasteiger partial charge in [0.05, 0.1) is 5.92 Å². The fourth-order valence-corrected chi connectivity index (χ4v) is 1.77. The molecule has 0 saturated carbocycles. The lowest BCUT2D eigenvalue weighted by atomic mass is 10.1. The number of hydrogen-bond acceptors (Lipinski definition) is 4. The summed E-state index contributed by atoms with van der Waals surface area (Å²) in [6, 6.07) is -0.679. The molecule has 2 unspecified atom stereocenters. The Morgan fingerprint density at radius 2 is 2.27 bits per heavy atom. The summed E-state index contributed by atoms with van der Waals surface area (Å²) in [5.41, 5.74) is 2.13. The van der Waals surface area contributed by atoms with Crippen LogP contribution in [0.25, 0.3) is 0 Å². The predicted octanol–water partition coefficient (Wildman–Crippen LogP) is -1.65. The topological polar surface area (TPSA) is 95.9 Å². The van der Waals surface area contributed by atoms with E-state index in [-0.39, 0.29) is 25.5 Å². The third kappa shape index (κ3) is 1.65. The first-order valence-electron chi connectivity index (χ1n) is 4.53. The number of carbonyl (C=O) groups is 3. The maximum absolute atomic E-state index is 11.4. The standard InChI is InChI=1S/C8H10N2O5/c11-6-1-4(8(13)14)2-10(6)5-3-15-9-7(5)12/h4-5H,1-3H2,(H,9,12)(H,13,14). The molecule has 0 aromatic carbocycles. The molecule has 2 aliphatic heterocycles. The molecule has 0 spiro atoms. The molecule has 0 bridgehead atoms. The summed E-state index contributed by atoms with van der Waals surface area (Å²) in [5, 5.41) is 8.75. The molecule has 2 saturated heterocycles. The number of carboxylic acid groups (broad SMARTS) is 1. The third-order valence-corrected chi connectivity index (χ3v) is 2.60. The fourth-order valence-electron chi connectivity index (χ4n) is 1.77. The largest absolute Gasteiger partial charge is 0.481 e. The summed E-state index contributed by atoms with van der Waals surface area (Å²) >= 11 is 0. The van der Waals surface area contributed by atoms with Crippen molar-refractivity contribution in [2.45, 2.75) is 12.5 Å². The van der Waals surface area contributed by atoms with Crippen molar-refractivity contribution in [2.24, 2.45) is 5.92 Å². The van der Waals surface area contributed by atoms with Crippen molar-refractivity contribution in [3.8, 4) is 0 Å². The molecule has 0 aliphatic carbocycles. The van der Waals surface area contributed by atoms with Gasteiger partial charge in [0.15, 0.2) is 0 Å². The van der Waals surface area contributed by atoms with Crippen molar-refractivity contribution in [1.82, 2.24) is 10.4 Å². The summed E-state index contributed by atoms with van der Waals surface area (Å²) in [6.45, 7) is 0.159. The van der Waals surface area contributed by atoms with E-state index in [4.69, 9.17) is 5.11 Å². The molecule has 2 amide bonds. The van der Waals surface area contributed by atoms with Gasteiger partial charge in [0, 0.05) is 13.0 Å². The van der Waals surface area contributed by atoms with E-state index in [2.05, 4.69) is 10.3 Å². The zero-order valence-corrected chi connectivity index (χ0v) is 7.80. The molecule has 0 aromatic rings. The average Bonchev–Trinajstić information content (AvgIpc) is 2.71. The molecule has 2 fully saturated rings. The minimum absolute atomic E-state index is 0.0425. The number of rotatable bonds is 2. The maximum atomic E-state index is 11.4. The Labute approximate surface area is 84.9 Å².